The highest BCUT2D eigenvalue weighted by Crippen LogP contribution is 2.23. The van der Waals surface area contributed by atoms with Gasteiger partial charge in [0.15, 0.2) is 0 Å². The summed E-state index contributed by atoms with van der Waals surface area (Å²) in [7, 11) is 0. The van der Waals surface area contributed by atoms with E-state index >= 15 is 0 Å². The first-order valence-corrected chi connectivity index (χ1v) is 5.92. The maximum absolute atomic E-state index is 12.2. The Balaban J connectivity index is 1.97. The van der Waals surface area contributed by atoms with E-state index in [1.54, 1.807) is 4.68 Å². The maximum atomic E-state index is 12.2. The maximum Gasteiger partial charge on any atom is 0.271 e. The van der Waals surface area contributed by atoms with E-state index in [1.165, 1.54) is 0 Å². The molecule has 0 spiro atoms. The van der Waals surface area contributed by atoms with E-state index in [2.05, 4.69) is 10.4 Å². The standard InChI is InChI=1S/C11H17N3O2/c1-7-10-9(5-12-7)13-14(11(10)15)8-3-2-4-16-6-8/h7-8,12-13H,2-6H2,1H3. The van der Waals surface area contributed by atoms with Gasteiger partial charge in [-0.2, -0.15) is 0 Å². The fourth-order valence-electron chi connectivity index (χ4n) is 2.64. The molecule has 0 amide bonds. The minimum Gasteiger partial charge on any atom is -0.379 e. The Kier molecular flexibility index (Phi) is 2.37. The number of hydrogen-bond donors (Lipinski definition) is 2. The molecular weight excluding hydrogens is 206 g/mol. The van der Waals surface area contributed by atoms with Crippen LogP contribution < -0.4 is 10.9 Å². The number of hydrogen-bond acceptors (Lipinski definition) is 3. The number of nitrogens with one attached hydrogen (secondary N) is 2. The van der Waals surface area contributed by atoms with Crippen LogP contribution in [0.4, 0.5) is 0 Å². The van der Waals surface area contributed by atoms with Crippen molar-refractivity contribution in [1.82, 2.24) is 15.1 Å². The van der Waals surface area contributed by atoms with Gasteiger partial charge in [0.1, 0.15) is 0 Å². The fourth-order valence-corrected chi connectivity index (χ4v) is 2.64. The first-order chi connectivity index (χ1) is 7.77. The lowest BCUT2D eigenvalue weighted by Gasteiger charge is -2.22. The topological polar surface area (TPSA) is 59.1 Å². The smallest absolute Gasteiger partial charge is 0.271 e. The molecule has 0 radical (unpaired) electrons. The summed E-state index contributed by atoms with van der Waals surface area (Å²) in [6.45, 7) is 4.28. The number of aromatic amines is 1. The molecule has 2 aliphatic heterocycles. The van der Waals surface area contributed by atoms with E-state index in [0.29, 0.717) is 6.61 Å². The van der Waals surface area contributed by atoms with Crippen LogP contribution >= 0.6 is 0 Å². The average molecular weight is 223 g/mol. The summed E-state index contributed by atoms with van der Waals surface area (Å²) < 4.78 is 7.19. The van der Waals surface area contributed by atoms with Crippen LogP contribution in [-0.2, 0) is 11.3 Å². The van der Waals surface area contributed by atoms with Crippen molar-refractivity contribution in [2.75, 3.05) is 13.2 Å². The van der Waals surface area contributed by atoms with Gasteiger partial charge in [-0.15, -0.1) is 0 Å². The second-order valence-corrected chi connectivity index (χ2v) is 4.65. The van der Waals surface area contributed by atoms with Crippen LogP contribution in [-0.4, -0.2) is 23.0 Å². The van der Waals surface area contributed by atoms with Gasteiger partial charge >= 0.3 is 0 Å². The number of rotatable bonds is 1. The Morgan fingerprint density at radius 2 is 2.38 bits per heavy atom. The third kappa shape index (κ3) is 1.43. The summed E-state index contributed by atoms with van der Waals surface area (Å²) in [5.74, 6) is 0. The monoisotopic (exact) mass is 223 g/mol. The molecule has 3 rings (SSSR count). The van der Waals surface area contributed by atoms with Crippen molar-refractivity contribution in [1.29, 1.82) is 0 Å². The van der Waals surface area contributed by atoms with Gasteiger partial charge in [-0.1, -0.05) is 0 Å². The Morgan fingerprint density at radius 3 is 3.06 bits per heavy atom. The molecule has 2 aliphatic rings. The number of aromatic nitrogens is 2. The molecule has 0 aromatic carbocycles. The first-order valence-electron chi connectivity index (χ1n) is 5.92. The van der Waals surface area contributed by atoms with Gasteiger partial charge in [0.2, 0.25) is 0 Å². The quantitative estimate of drug-likeness (QED) is 0.736. The van der Waals surface area contributed by atoms with Crippen molar-refractivity contribution in [3.8, 4) is 0 Å². The summed E-state index contributed by atoms with van der Waals surface area (Å²) in [6, 6.07) is 0.364. The molecular formula is C11H17N3O2. The zero-order valence-electron chi connectivity index (χ0n) is 9.45. The highest BCUT2D eigenvalue weighted by atomic mass is 16.5. The van der Waals surface area contributed by atoms with Gasteiger partial charge in [0.25, 0.3) is 5.56 Å². The largest absolute Gasteiger partial charge is 0.379 e. The molecule has 0 aliphatic carbocycles. The summed E-state index contributed by atoms with van der Waals surface area (Å²) in [4.78, 5) is 12.2. The molecule has 1 fully saturated rings. The summed E-state index contributed by atoms with van der Waals surface area (Å²) in [6.07, 6.45) is 2.07. The van der Waals surface area contributed by atoms with Crippen LogP contribution in [0.5, 0.6) is 0 Å². The van der Waals surface area contributed by atoms with Crippen molar-refractivity contribution in [2.45, 2.75) is 38.4 Å². The molecule has 5 heteroatoms. The number of fused-ring (bicyclic) bond motifs is 1. The van der Waals surface area contributed by atoms with E-state index in [-0.39, 0.29) is 17.6 Å². The van der Waals surface area contributed by atoms with E-state index < -0.39 is 0 Å². The molecule has 1 saturated heterocycles. The molecule has 88 valence electrons. The SMILES string of the molecule is CC1NCc2[nH]n(C3CCCOC3)c(=O)c21. The van der Waals surface area contributed by atoms with Crippen LogP contribution in [0.25, 0.3) is 0 Å². The molecule has 2 N–H and O–H groups in total. The molecule has 1 aromatic rings. The fraction of sp³-hybridized carbons (Fsp3) is 0.727. The Bertz CT molecular complexity index is 443. The zero-order valence-corrected chi connectivity index (χ0v) is 9.45. The van der Waals surface area contributed by atoms with Crippen LogP contribution in [0.3, 0.4) is 0 Å². The molecule has 1 aromatic heterocycles. The summed E-state index contributed by atoms with van der Waals surface area (Å²) >= 11 is 0. The second-order valence-electron chi connectivity index (χ2n) is 4.65. The zero-order chi connectivity index (χ0) is 11.1. The lowest BCUT2D eigenvalue weighted by Crippen LogP contribution is -2.31. The van der Waals surface area contributed by atoms with Gasteiger partial charge < -0.3 is 10.1 Å². The summed E-state index contributed by atoms with van der Waals surface area (Å²) in [5.41, 5.74) is 2.08. The van der Waals surface area contributed by atoms with Gasteiger partial charge in [-0.3, -0.25) is 9.89 Å². The number of nitrogens with zero attached hydrogens (tertiary/aromatic N) is 1. The van der Waals surface area contributed by atoms with E-state index in [9.17, 15) is 4.79 Å². The van der Waals surface area contributed by atoms with Gasteiger partial charge in [-0.25, -0.2) is 4.68 Å². The number of H-pyrrole nitrogens is 1. The molecule has 0 bridgehead atoms. The third-order valence-corrected chi connectivity index (χ3v) is 3.55. The third-order valence-electron chi connectivity index (χ3n) is 3.55. The van der Waals surface area contributed by atoms with E-state index in [0.717, 1.165) is 37.3 Å². The van der Waals surface area contributed by atoms with Gasteiger partial charge in [-0.05, 0) is 19.8 Å². The predicted octanol–water partition coefficient (Wildman–Crippen LogP) is 0.692. The highest BCUT2D eigenvalue weighted by Gasteiger charge is 2.28. The van der Waals surface area contributed by atoms with Gasteiger partial charge in [0, 0.05) is 19.2 Å². The molecule has 5 nitrogen and oxygen atoms in total. The van der Waals surface area contributed by atoms with Crippen molar-refractivity contribution < 1.29 is 4.74 Å². The minimum atomic E-state index is 0.128. The van der Waals surface area contributed by atoms with Crippen LogP contribution in [0.15, 0.2) is 4.79 Å². The van der Waals surface area contributed by atoms with Crippen molar-refractivity contribution in [3.05, 3.63) is 21.6 Å². The van der Waals surface area contributed by atoms with Crippen LogP contribution in [0.2, 0.25) is 0 Å². The van der Waals surface area contributed by atoms with Crippen molar-refractivity contribution in [3.63, 3.8) is 0 Å². The van der Waals surface area contributed by atoms with E-state index in [1.807, 2.05) is 6.92 Å². The first kappa shape index (κ1) is 10.1. The molecule has 16 heavy (non-hydrogen) atoms. The molecule has 2 unspecified atom stereocenters. The Morgan fingerprint density at radius 1 is 1.50 bits per heavy atom. The summed E-state index contributed by atoms with van der Waals surface area (Å²) in [5, 5.41) is 6.48. The van der Waals surface area contributed by atoms with Gasteiger partial charge in [0.05, 0.1) is 23.9 Å². The molecule has 2 atom stereocenters. The van der Waals surface area contributed by atoms with Crippen LogP contribution in [0, 0.1) is 0 Å². The lowest BCUT2D eigenvalue weighted by molar-refractivity contribution is 0.0535. The van der Waals surface area contributed by atoms with E-state index in [4.69, 9.17) is 4.74 Å². The molecule has 0 saturated carbocycles. The van der Waals surface area contributed by atoms with Crippen molar-refractivity contribution >= 4 is 0 Å². The predicted molar refractivity (Wildman–Crippen MR) is 59.4 cm³/mol. The minimum absolute atomic E-state index is 0.128. The van der Waals surface area contributed by atoms with Crippen LogP contribution in [0.1, 0.15) is 43.1 Å². The Hall–Kier alpha value is -1.07. The normalized spacial score (nSPS) is 29.3. The second kappa shape index (κ2) is 3.75. The number of ether oxygens (including phenoxy) is 1. The lowest BCUT2D eigenvalue weighted by atomic mass is 10.1. The highest BCUT2D eigenvalue weighted by molar-refractivity contribution is 5.25. The average Bonchev–Trinajstić information content (AvgIpc) is 2.83. The molecule has 3 heterocycles. The Labute approximate surface area is 93.8 Å². The van der Waals surface area contributed by atoms with Crippen molar-refractivity contribution in [2.24, 2.45) is 0 Å².